The van der Waals surface area contributed by atoms with E-state index in [0.717, 1.165) is 34.0 Å². The molecular weight excluding hydrogens is 382 g/mol. The number of hydrogen-bond donors (Lipinski definition) is 1. The van der Waals surface area contributed by atoms with Gasteiger partial charge in [-0.2, -0.15) is 16.9 Å². The molecule has 0 saturated carbocycles. The maximum absolute atomic E-state index is 13.0. The van der Waals surface area contributed by atoms with Gasteiger partial charge >= 0.3 is 0 Å². The topological polar surface area (TPSA) is 72.7 Å². The van der Waals surface area contributed by atoms with Crippen LogP contribution in [0, 0.1) is 13.8 Å². The molecule has 5 rings (SSSR count). The van der Waals surface area contributed by atoms with Crippen LogP contribution in [0.1, 0.15) is 32.9 Å². The van der Waals surface area contributed by atoms with Gasteiger partial charge in [0.1, 0.15) is 11.5 Å². The van der Waals surface area contributed by atoms with Gasteiger partial charge in [0.2, 0.25) is 0 Å². The first-order valence-electron chi connectivity index (χ1n) is 9.39. The van der Waals surface area contributed by atoms with Gasteiger partial charge in [0, 0.05) is 17.1 Å². The van der Waals surface area contributed by atoms with Gasteiger partial charge in [-0.25, -0.2) is 9.67 Å². The fraction of sp³-hybridized carbons (Fsp3) is 0.182. The summed E-state index contributed by atoms with van der Waals surface area (Å²) >= 11 is 1.80. The largest absolute Gasteiger partial charge is 0.305 e. The van der Waals surface area contributed by atoms with Crippen LogP contribution in [0.15, 0.2) is 48.7 Å². The molecule has 2 aromatic heterocycles. The second kappa shape index (κ2) is 7.00. The van der Waals surface area contributed by atoms with Crippen LogP contribution in [0.4, 0.5) is 5.82 Å². The second-order valence-corrected chi connectivity index (χ2v) is 8.13. The zero-order valence-electron chi connectivity index (χ0n) is 16.1. The van der Waals surface area contributed by atoms with Crippen molar-refractivity contribution in [2.24, 2.45) is 0 Å². The fourth-order valence-corrected chi connectivity index (χ4v) is 4.46. The molecule has 6 nitrogen and oxygen atoms in total. The molecule has 7 heteroatoms. The number of carbonyl (C=O) groups excluding carboxylic acids is 1. The van der Waals surface area contributed by atoms with Gasteiger partial charge in [0.15, 0.2) is 0 Å². The molecule has 29 heavy (non-hydrogen) atoms. The SMILES string of the molecule is Cc1ccc(-n2nc3c(c2NC(=O)c2cnc4ccccc4n2)CSC3)cc1C. The minimum atomic E-state index is -0.284. The molecule has 1 aliphatic heterocycles. The maximum atomic E-state index is 13.0. The fourth-order valence-electron chi connectivity index (χ4n) is 3.42. The number of fused-ring (bicyclic) bond motifs is 2. The zero-order valence-corrected chi connectivity index (χ0v) is 17.0. The van der Waals surface area contributed by atoms with Crippen molar-refractivity contribution in [3.8, 4) is 5.69 Å². The summed E-state index contributed by atoms with van der Waals surface area (Å²) < 4.78 is 1.84. The van der Waals surface area contributed by atoms with E-state index in [4.69, 9.17) is 5.10 Å². The Labute approximate surface area is 172 Å². The smallest absolute Gasteiger partial charge is 0.277 e. The Hall–Kier alpha value is -3.19. The average Bonchev–Trinajstić information content (AvgIpc) is 3.32. The third-order valence-electron chi connectivity index (χ3n) is 5.20. The molecule has 0 spiro atoms. The van der Waals surface area contributed by atoms with E-state index in [0.29, 0.717) is 11.3 Å². The molecule has 3 heterocycles. The average molecular weight is 401 g/mol. The number of para-hydroxylation sites is 2. The van der Waals surface area contributed by atoms with Crippen molar-refractivity contribution in [1.29, 1.82) is 0 Å². The van der Waals surface area contributed by atoms with Crippen LogP contribution in [0.5, 0.6) is 0 Å². The number of rotatable bonds is 3. The van der Waals surface area contributed by atoms with Gasteiger partial charge in [0.25, 0.3) is 5.91 Å². The molecule has 1 amide bonds. The lowest BCUT2D eigenvalue weighted by Crippen LogP contribution is -2.18. The summed E-state index contributed by atoms with van der Waals surface area (Å²) in [4.78, 5) is 21.8. The van der Waals surface area contributed by atoms with E-state index >= 15 is 0 Å². The van der Waals surface area contributed by atoms with Gasteiger partial charge in [-0.3, -0.25) is 9.78 Å². The highest BCUT2D eigenvalue weighted by molar-refractivity contribution is 7.98. The Morgan fingerprint density at radius 1 is 1.07 bits per heavy atom. The van der Waals surface area contributed by atoms with Crippen LogP contribution >= 0.6 is 11.8 Å². The van der Waals surface area contributed by atoms with E-state index in [1.807, 2.05) is 35.0 Å². The highest BCUT2D eigenvalue weighted by Crippen LogP contribution is 2.36. The van der Waals surface area contributed by atoms with E-state index in [1.165, 1.54) is 17.3 Å². The van der Waals surface area contributed by atoms with Gasteiger partial charge in [0.05, 0.1) is 28.6 Å². The molecule has 0 atom stereocenters. The van der Waals surface area contributed by atoms with Gasteiger partial charge in [-0.05, 0) is 49.2 Å². The molecule has 4 aromatic rings. The number of thioether (sulfide) groups is 1. The standard InChI is InChI=1S/C22H19N5OS/c1-13-7-8-15(9-14(13)2)27-21(16-11-29-12-20(16)26-27)25-22(28)19-10-23-17-5-3-4-6-18(17)24-19/h3-10H,11-12H2,1-2H3,(H,25,28). The summed E-state index contributed by atoms with van der Waals surface area (Å²) in [6.45, 7) is 4.16. The van der Waals surface area contributed by atoms with Crippen LogP contribution in [0.3, 0.4) is 0 Å². The number of carbonyl (C=O) groups is 1. The minimum Gasteiger partial charge on any atom is -0.305 e. The Morgan fingerprint density at radius 3 is 2.72 bits per heavy atom. The van der Waals surface area contributed by atoms with Crippen molar-refractivity contribution in [2.45, 2.75) is 25.4 Å². The van der Waals surface area contributed by atoms with Crippen molar-refractivity contribution in [3.05, 3.63) is 76.7 Å². The van der Waals surface area contributed by atoms with E-state index in [1.54, 1.807) is 11.8 Å². The lowest BCUT2D eigenvalue weighted by Gasteiger charge is -2.12. The van der Waals surface area contributed by atoms with E-state index < -0.39 is 0 Å². The number of nitrogens with zero attached hydrogens (tertiary/aromatic N) is 4. The molecule has 144 valence electrons. The van der Waals surface area contributed by atoms with Crippen molar-refractivity contribution in [3.63, 3.8) is 0 Å². The van der Waals surface area contributed by atoms with Crippen LogP contribution in [-0.2, 0) is 11.5 Å². The van der Waals surface area contributed by atoms with E-state index in [2.05, 4.69) is 41.3 Å². The predicted octanol–water partition coefficient (Wildman–Crippen LogP) is 4.43. The van der Waals surface area contributed by atoms with Crippen LogP contribution in [0.25, 0.3) is 16.7 Å². The summed E-state index contributed by atoms with van der Waals surface area (Å²) in [6, 6.07) is 13.7. The molecule has 0 fully saturated rings. The molecule has 2 aromatic carbocycles. The first kappa shape index (κ1) is 17.9. The third-order valence-corrected chi connectivity index (χ3v) is 6.17. The number of aryl methyl sites for hydroxylation is 2. The second-order valence-electron chi connectivity index (χ2n) is 7.15. The quantitative estimate of drug-likeness (QED) is 0.550. The first-order valence-corrected chi connectivity index (χ1v) is 10.5. The summed E-state index contributed by atoms with van der Waals surface area (Å²) in [6.07, 6.45) is 1.52. The van der Waals surface area contributed by atoms with Crippen molar-refractivity contribution in [1.82, 2.24) is 19.7 Å². The number of benzene rings is 2. The highest BCUT2D eigenvalue weighted by atomic mass is 32.2. The first-order chi connectivity index (χ1) is 14.1. The Morgan fingerprint density at radius 2 is 1.90 bits per heavy atom. The molecule has 1 aliphatic rings. The van der Waals surface area contributed by atoms with Crippen molar-refractivity contribution in [2.75, 3.05) is 5.32 Å². The van der Waals surface area contributed by atoms with E-state index in [-0.39, 0.29) is 11.6 Å². The number of hydrogen-bond acceptors (Lipinski definition) is 5. The summed E-state index contributed by atoms with van der Waals surface area (Å²) in [5.74, 6) is 2.12. The lowest BCUT2D eigenvalue weighted by molar-refractivity contribution is 0.102. The molecule has 0 unspecified atom stereocenters. The number of anilines is 1. The predicted molar refractivity (Wildman–Crippen MR) is 116 cm³/mol. The molecular formula is C22H19N5OS. The van der Waals surface area contributed by atoms with Crippen LogP contribution in [-0.4, -0.2) is 25.7 Å². The van der Waals surface area contributed by atoms with Gasteiger partial charge < -0.3 is 5.32 Å². The zero-order chi connectivity index (χ0) is 20.0. The maximum Gasteiger partial charge on any atom is 0.277 e. The van der Waals surface area contributed by atoms with Crippen molar-refractivity contribution >= 4 is 34.5 Å². The normalized spacial score (nSPS) is 12.9. The lowest BCUT2D eigenvalue weighted by atomic mass is 10.1. The highest BCUT2D eigenvalue weighted by Gasteiger charge is 2.25. The summed E-state index contributed by atoms with van der Waals surface area (Å²) in [5.41, 5.74) is 7.20. The minimum absolute atomic E-state index is 0.284. The van der Waals surface area contributed by atoms with Gasteiger partial charge in [-0.15, -0.1) is 0 Å². The third kappa shape index (κ3) is 3.17. The van der Waals surface area contributed by atoms with Gasteiger partial charge in [-0.1, -0.05) is 18.2 Å². The summed E-state index contributed by atoms with van der Waals surface area (Å²) in [5, 5.41) is 7.82. The Bertz CT molecular complexity index is 1260. The number of aromatic nitrogens is 4. The Balaban J connectivity index is 1.54. The molecule has 1 N–H and O–H groups in total. The number of nitrogens with one attached hydrogen (secondary N) is 1. The Kier molecular flexibility index (Phi) is 4.32. The molecule has 0 bridgehead atoms. The van der Waals surface area contributed by atoms with Crippen LogP contribution in [0.2, 0.25) is 0 Å². The van der Waals surface area contributed by atoms with E-state index in [9.17, 15) is 4.79 Å². The summed E-state index contributed by atoms with van der Waals surface area (Å²) in [7, 11) is 0. The van der Waals surface area contributed by atoms with Crippen molar-refractivity contribution < 1.29 is 4.79 Å². The monoisotopic (exact) mass is 401 g/mol. The molecule has 0 radical (unpaired) electrons. The molecule has 0 saturated heterocycles. The van der Waals surface area contributed by atoms with Crippen LogP contribution < -0.4 is 5.32 Å². The number of amides is 1. The molecule has 0 aliphatic carbocycles.